The van der Waals surface area contributed by atoms with Crippen molar-refractivity contribution in [2.45, 2.75) is 85.1 Å². The van der Waals surface area contributed by atoms with E-state index in [0.29, 0.717) is 18.7 Å². The summed E-state index contributed by atoms with van der Waals surface area (Å²) in [6.45, 7) is 11.8. The molecule has 2 amide bonds. The molecule has 1 aliphatic carbocycles. The lowest BCUT2D eigenvalue weighted by molar-refractivity contribution is -0.130. The maximum Gasteiger partial charge on any atom is 0.407 e. The van der Waals surface area contributed by atoms with Gasteiger partial charge in [0.15, 0.2) is 15.5 Å². The number of carbonyl (C=O) groups is 2. The lowest BCUT2D eigenvalue weighted by Crippen LogP contribution is -2.65. The number of piperidine rings is 2. The second-order valence-electron chi connectivity index (χ2n) is 18.3. The molecule has 1 saturated carbocycles. The Morgan fingerprint density at radius 2 is 1.58 bits per heavy atom. The first-order valence-corrected chi connectivity index (χ1v) is 23.4. The molecule has 59 heavy (non-hydrogen) atoms. The van der Waals surface area contributed by atoms with Gasteiger partial charge < -0.3 is 24.8 Å². The molecule has 6 aliphatic rings. The summed E-state index contributed by atoms with van der Waals surface area (Å²) < 4.78 is 63.3. The number of sulfone groups is 1. The molecule has 2 aromatic carbocycles. The Balaban J connectivity index is 0.863. The van der Waals surface area contributed by atoms with Crippen molar-refractivity contribution >= 4 is 27.5 Å². The summed E-state index contributed by atoms with van der Waals surface area (Å²) in [5, 5.41) is 2.49. The third kappa shape index (κ3) is 8.79. The molecule has 0 aromatic heterocycles. The van der Waals surface area contributed by atoms with Crippen LogP contribution in [-0.2, 0) is 24.8 Å². The normalized spacial score (nSPS) is 25.7. The minimum absolute atomic E-state index is 0.0755. The van der Waals surface area contributed by atoms with Crippen molar-refractivity contribution in [2.24, 2.45) is 11.8 Å². The highest BCUT2D eigenvalue weighted by atomic mass is 32.2. The van der Waals surface area contributed by atoms with Crippen LogP contribution in [0.1, 0.15) is 63.4 Å². The number of nitrogens with zero attached hydrogens (tertiary/aromatic N) is 5. The number of alkyl halides is 1. The van der Waals surface area contributed by atoms with Crippen molar-refractivity contribution in [3.8, 4) is 0 Å². The summed E-state index contributed by atoms with van der Waals surface area (Å²) in [5.41, 5.74) is 0.521. The van der Waals surface area contributed by atoms with Gasteiger partial charge in [-0.2, -0.15) is 0 Å². The van der Waals surface area contributed by atoms with Crippen LogP contribution in [0.2, 0.25) is 0 Å². The highest BCUT2D eigenvalue weighted by Crippen LogP contribution is 2.52. The van der Waals surface area contributed by atoms with Gasteiger partial charge in [0.05, 0.1) is 25.1 Å². The van der Waals surface area contributed by atoms with Crippen molar-refractivity contribution in [3.63, 3.8) is 0 Å². The van der Waals surface area contributed by atoms with Crippen molar-refractivity contribution in [1.82, 2.24) is 24.9 Å². The molecule has 322 valence electrons. The summed E-state index contributed by atoms with van der Waals surface area (Å²) in [6, 6.07) is 13.7. The van der Waals surface area contributed by atoms with Crippen molar-refractivity contribution in [1.29, 1.82) is 0 Å². The number of anilines is 1. The van der Waals surface area contributed by atoms with Gasteiger partial charge in [-0.15, -0.1) is 0 Å². The first kappa shape index (κ1) is 42.1. The zero-order valence-corrected chi connectivity index (χ0v) is 35.4. The van der Waals surface area contributed by atoms with Crippen LogP contribution in [0.5, 0.6) is 0 Å². The van der Waals surface area contributed by atoms with Gasteiger partial charge in [0.2, 0.25) is 0 Å². The van der Waals surface area contributed by atoms with E-state index in [2.05, 4.69) is 32.7 Å². The topological polar surface area (TPSA) is 106 Å². The number of benzene rings is 2. The van der Waals surface area contributed by atoms with Crippen molar-refractivity contribution < 1.29 is 31.5 Å². The molecule has 5 heterocycles. The summed E-state index contributed by atoms with van der Waals surface area (Å²) >= 11 is 0. The fourth-order valence-electron chi connectivity index (χ4n) is 11.2. The predicted octanol–water partition coefficient (Wildman–Crippen LogP) is 5.26. The van der Waals surface area contributed by atoms with E-state index in [-0.39, 0.29) is 66.1 Å². The predicted molar refractivity (Wildman–Crippen MR) is 224 cm³/mol. The Kier molecular flexibility index (Phi) is 12.4. The number of ether oxygens (including phenoxy) is 1. The van der Waals surface area contributed by atoms with Crippen LogP contribution in [0, 0.1) is 17.7 Å². The fraction of sp³-hybridized carbons (Fsp3) is 0.644. The smallest absolute Gasteiger partial charge is 0.407 e. The number of carbonyl (C=O) groups excluding carboxylic acids is 2. The molecule has 5 aliphatic heterocycles. The molecule has 0 spiro atoms. The molecule has 6 fully saturated rings. The van der Waals surface area contributed by atoms with Crippen LogP contribution >= 0.6 is 0 Å². The molecule has 14 heteroatoms. The van der Waals surface area contributed by atoms with Crippen LogP contribution in [0.15, 0.2) is 65.6 Å². The molecular weight excluding hydrogens is 775 g/mol. The largest absolute Gasteiger partial charge is 0.453 e. The Morgan fingerprint density at radius 3 is 2.22 bits per heavy atom. The molecule has 0 unspecified atom stereocenters. The average Bonchev–Trinajstić information content (AvgIpc) is 3.65. The first-order valence-electron chi connectivity index (χ1n) is 21.9. The number of methoxy groups -OCH3 is 1. The molecule has 3 atom stereocenters. The number of nitrogens with one attached hydrogen (secondary N) is 1. The average molecular weight is 837 g/mol. The van der Waals surface area contributed by atoms with Crippen LogP contribution < -0.4 is 10.2 Å². The van der Waals surface area contributed by atoms with E-state index in [9.17, 15) is 18.0 Å². The van der Waals surface area contributed by atoms with Crippen LogP contribution in [-0.4, -0.2) is 149 Å². The highest BCUT2D eigenvalue weighted by molar-refractivity contribution is 7.92. The van der Waals surface area contributed by atoms with E-state index < -0.39 is 26.8 Å². The van der Waals surface area contributed by atoms with E-state index in [1.54, 1.807) is 35.2 Å². The second kappa shape index (κ2) is 17.4. The summed E-state index contributed by atoms with van der Waals surface area (Å²) in [4.78, 5) is 36.2. The van der Waals surface area contributed by atoms with E-state index in [1.165, 1.54) is 19.6 Å². The third-order valence-electron chi connectivity index (χ3n) is 14.5. The third-order valence-corrected chi connectivity index (χ3v) is 16.6. The Morgan fingerprint density at radius 1 is 0.881 bits per heavy atom. The number of amides is 2. The molecule has 5 saturated heterocycles. The van der Waals surface area contributed by atoms with Gasteiger partial charge in [-0.05, 0) is 138 Å². The number of halogens is 2. The number of alkyl carbamates (subject to hydrolysis) is 1. The van der Waals surface area contributed by atoms with Gasteiger partial charge in [-0.1, -0.05) is 31.6 Å². The van der Waals surface area contributed by atoms with E-state index in [1.807, 2.05) is 11.0 Å². The summed E-state index contributed by atoms with van der Waals surface area (Å²) in [5.74, 6) is -0.0821. The van der Waals surface area contributed by atoms with Gasteiger partial charge in [0, 0.05) is 55.4 Å². The maximum atomic E-state index is 16.3. The van der Waals surface area contributed by atoms with Crippen molar-refractivity contribution in [2.75, 3.05) is 97.1 Å². The molecular formula is C45H62F2N6O5S. The summed E-state index contributed by atoms with van der Waals surface area (Å²) in [7, 11) is -2.24. The second-order valence-corrected chi connectivity index (χ2v) is 20.6. The van der Waals surface area contributed by atoms with E-state index in [0.717, 1.165) is 108 Å². The maximum absolute atomic E-state index is 16.3. The molecule has 0 radical (unpaired) electrons. The van der Waals surface area contributed by atoms with E-state index >= 15 is 8.78 Å². The summed E-state index contributed by atoms with van der Waals surface area (Å²) in [6.07, 6.45) is 8.64. The Hall–Kier alpha value is -3.59. The molecule has 2 aromatic rings. The Bertz CT molecular complexity index is 1940. The first-order chi connectivity index (χ1) is 28.4. The number of hydrogen-bond donors (Lipinski definition) is 1. The monoisotopic (exact) mass is 836 g/mol. The van der Waals surface area contributed by atoms with Gasteiger partial charge in [0.25, 0.3) is 5.91 Å². The van der Waals surface area contributed by atoms with Crippen LogP contribution in [0.4, 0.5) is 19.3 Å². The number of likely N-dealkylation sites (tertiary alicyclic amines) is 4. The molecule has 11 nitrogen and oxygen atoms in total. The van der Waals surface area contributed by atoms with Gasteiger partial charge in [-0.25, -0.2) is 22.0 Å². The van der Waals surface area contributed by atoms with E-state index in [4.69, 9.17) is 4.74 Å². The minimum atomic E-state index is -3.63. The van der Waals surface area contributed by atoms with Crippen LogP contribution in [0.3, 0.4) is 0 Å². The lowest BCUT2D eigenvalue weighted by Gasteiger charge is -2.54. The van der Waals surface area contributed by atoms with Crippen molar-refractivity contribution in [3.05, 3.63) is 72.1 Å². The van der Waals surface area contributed by atoms with Gasteiger partial charge in [0.1, 0.15) is 11.1 Å². The molecule has 0 bridgehead atoms. The van der Waals surface area contributed by atoms with Crippen LogP contribution in [0.25, 0.3) is 0 Å². The van der Waals surface area contributed by atoms with Gasteiger partial charge in [-0.3, -0.25) is 14.6 Å². The SMILES string of the molecule is C=C(CN1CCCCC1)C(=O)N1CC(S(=O)(=O)c2ccc(N3CC(F)(CN4CCC([C@@](CN5CCC5)(c5cccc(F)c5)[C@H]5CCC[C@@H]5NC(=O)OC)CC4)C3)cc2)C1. The lowest BCUT2D eigenvalue weighted by atomic mass is 9.57. The molecule has 8 rings (SSSR count). The number of hydrogen-bond acceptors (Lipinski definition) is 9. The standard InChI is InChI=1S/C45H62F2N6O5S/c1-33(26-49-19-4-3-5-20-49)42(54)52-27-39(28-52)59(56,57)38-15-13-37(14-16-38)53-30-44(47,31-53)29-51-23-17-34(18-24-51)45(32-50-21-8-22-50,35-9-6-10-36(46)25-35)40-11-7-12-41(40)48-43(55)58-2/h6,9-10,13-16,25,34,39-41H,1,3-5,7-8,11-12,17-24,26-32H2,2H3,(H,48,55)/t40-,41-,45-/m0/s1. The van der Waals surface area contributed by atoms with Gasteiger partial charge >= 0.3 is 6.09 Å². The fourth-order valence-corrected chi connectivity index (χ4v) is 12.8. The zero-order chi connectivity index (χ0) is 41.4. The minimum Gasteiger partial charge on any atom is -0.453 e. The zero-order valence-electron chi connectivity index (χ0n) is 34.6. The Labute approximate surface area is 349 Å². The molecule has 1 N–H and O–H groups in total. The quantitative estimate of drug-likeness (QED) is 0.256. The highest BCUT2D eigenvalue weighted by Gasteiger charge is 2.54. The number of rotatable bonds is 14.